The Morgan fingerprint density at radius 2 is 2.11 bits per heavy atom. The summed E-state index contributed by atoms with van der Waals surface area (Å²) in [5.41, 5.74) is 1.65. The summed E-state index contributed by atoms with van der Waals surface area (Å²) in [6.45, 7) is 1.87. The summed E-state index contributed by atoms with van der Waals surface area (Å²) in [4.78, 5) is 26.8. The van der Waals surface area contributed by atoms with Gasteiger partial charge in [0.1, 0.15) is 0 Å². The Labute approximate surface area is 105 Å². The van der Waals surface area contributed by atoms with Crippen LogP contribution in [0, 0.1) is 18.8 Å². The van der Waals surface area contributed by atoms with E-state index in [1.165, 1.54) is 0 Å². The van der Waals surface area contributed by atoms with Crippen LogP contribution in [-0.4, -0.2) is 22.0 Å². The number of carbonyl (C=O) groups excluding carboxylic acids is 1. The highest BCUT2D eigenvalue weighted by molar-refractivity contribution is 5.93. The van der Waals surface area contributed by atoms with E-state index in [4.69, 9.17) is 5.11 Å². The largest absolute Gasteiger partial charge is 0.481 e. The highest BCUT2D eigenvalue weighted by atomic mass is 16.4. The lowest BCUT2D eigenvalue weighted by molar-refractivity contribution is -0.141. The van der Waals surface area contributed by atoms with E-state index < -0.39 is 5.97 Å². The molecule has 1 amide bonds. The van der Waals surface area contributed by atoms with Gasteiger partial charge in [0.05, 0.1) is 5.92 Å². The summed E-state index contributed by atoms with van der Waals surface area (Å²) in [7, 11) is 0. The average Bonchev–Trinajstić information content (AvgIpc) is 2.81. The fraction of sp³-hybridized carbons (Fsp3) is 0.462. The fourth-order valence-electron chi connectivity index (χ4n) is 2.29. The first-order chi connectivity index (χ1) is 8.58. The normalized spacial score (nSPS) is 22.7. The number of carbonyl (C=O) groups is 2. The predicted octanol–water partition coefficient (Wildman–Crippen LogP) is 1.83. The van der Waals surface area contributed by atoms with Gasteiger partial charge in [-0.3, -0.25) is 14.6 Å². The predicted molar refractivity (Wildman–Crippen MR) is 66.1 cm³/mol. The number of hydrogen-bond acceptors (Lipinski definition) is 3. The topological polar surface area (TPSA) is 79.3 Å². The van der Waals surface area contributed by atoms with Crippen molar-refractivity contribution in [2.45, 2.75) is 26.2 Å². The maximum absolute atomic E-state index is 12.0. The van der Waals surface area contributed by atoms with E-state index in [2.05, 4.69) is 10.3 Å². The molecule has 5 heteroatoms. The van der Waals surface area contributed by atoms with Crippen molar-refractivity contribution in [3.63, 3.8) is 0 Å². The van der Waals surface area contributed by atoms with Crippen molar-refractivity contribution in [1.29, 1.82) is 0 Å². The van der Waals surface area contributed by atoms with Crippen molar-refractivity contribution >= 4 is 17.6 Å². The molecule has 0 radical (unpaired) electrons. The Bertz CT molecular complexity index is 473. The number of aliphatic carboxylic acids is 1. The molecule has 2 rings (SSSR count). The number of pyridine rings is 1. The number of amides is 1. The van der Waals surface area contributed by atoms with Crippen LogP contribution in [0.5, 0.6) is 0 Å². The van der Waals surface area contributed by atoms with Crippen LogP contribution in [0.3, 0.4) is 0 Å². The molecule has 1 aliphatic carbocycles. The number of nitrogens with zero attached hydrogens (tertiary/aromatic N) is 1. The lowest BCUT2D eigenvalue weighted by Crippen LogP contribution is -2.22. The molecular weight excluding hydrogens is 232 g/mol. The summed E-state index contributed by atoms with van der Waals surface area (Å²) in [5, 5.41) is 11.7. The molecule has 1 aromatic rings. The van der Waals surface area contributed by atoms with E-state index in [1.807, 2.05) is 6.92 Å². The third-order valence-electron chi connectivity index (χ3n) is 3.43. The highest BCUT2D eigenvalue weighted by Crippen LogP contribution is 2.32. The van der Waals surface area contributed by atoms with Gasteiger partial charge in [-0.2, -0.15) is 0 Å². The molecule has 0 spiro atoms. The fourth-order valence-corrected chi connectivity index (χ4v) is 2.29. The van der Waals surface area contributed by atoms with Crippen LogP contribution >= 0.6 is 0 Å². The summed E-state index contributed by atoms with van der Waals surface area (Å²) < 4.78 is 0. The second-order valence-corrected chi connectivity index (χ2v) is 4.72. The van der Waals surface area contributed by atoms with Crippen molar-refractivity contribution in [1.82, 2.24) is 4.98 Å². The van der Waals surface area contributed by atoms with Gasteiger partial charge in [0.15, 0.2) is 0 Å². The van der Waals surface area contributed by atoms with E-state index >= 15 is 0 Å². The van der Waals surface area contributed by atoms with Gasteiger partial charge >= 0.3 is 5.97 Å². The number of aromatic nitrogens is 1. The van der Waals surface area contributed by atoms with Gasteiger partial charge in [0.25, 0.3) is 0 Å². The minimum absolute atomic E-state index is 0.0898. The minimum atomic E-state index is -0.801. The van der Waals surface area contributed by atoms with Gasteiger partial charge in [-0.1, -0.05) is 0 Å². The number of hydrogen-bond donors (Lipinski definition) is 2. The number of carboxylic acid groups (broad SMARTS) is 1. The van der Waals surface area contributed by atoms with E-state index in [0.717, 1.165) is 11.3 Å². The van der Waals surface area contributed by atoms with Crippen LogP contribution in [0.4, 0.5) is 5.69 Å². The Kier molecular flexibility index (Phi) is 3.60. The van der Waals surface area contributed by atoms with Crippen LogP contribution in [0.2, 0.25) is 0 Å². The zero-order valence-corrected chi connectivity index (χ0v) is 10.2. The SMILES string of the molecule is Cc1cnccc1NC(=O)C1CCC(C(=O)O)C1. The van der Waals surface area contributed by atoms with Gasteiger partial charge in [-0.05, 0) is 37.8 Å². The first-order valence-electron chi connectivity index (χ1n) is 6.02. The number of carboxylic acids is 1. The molecule has 1 aromatic heterocycles. The van der Waals surface area contributed by atoms with Crippen LogP contribution in [0.1, 0.15) is 24.8 Å². The van der Waals surface area contributed by atoms with Gasteiger partial charge in [0.2, 0.25) is 5.91 Å². The first-order valence-corrected chi connectivity index (χ1v) is 6.02. The van der Waals surface area contributed by atoms with Crippen LogP contribution < -0.4 is 5.32 Å². The van der Waals surface area contributed by atoms with Gasteiger partial charge in [0, 0.05) is 24.0 Å². The van der Waals surface area contributed by atoms with Gasteiger partial charge in [-0.15, -0.1) is 0 Å². The molecule has 1 fully saturated rings. The summed E-state index contributed by atoms with van der Waals surface area (Å²) in [6, 6.07) is 1.75. The third-order valence-corrected chi connectivity index (χ3v) is 3.43. The molecular formula is C13H16N2O3. The van der Waals surface area contributed by atoms with Crippen molar-refractivity contribution in [3.8, 4) is 0 Å². The van der Waals surface area contributed by atoms with Crippen molar-refractivity contribution < 1.29 is 14.7 Å². The molecule has 0 aliphatic heterocycles. The van der Waals surface area contributed by atoms with E-state index in [-0.39, 0.29) is 17.7 Å². The average molecular weight is 248 g/mol. The number of aryl methyl sites for hydroxylation is 1. The highest BCUT2D eigenvalue weighted by Gasteiger charge is 2.33. The lowest BCUT2D eigenvalue weighted by Gasteiger charge is -2.12. The maximum atomic E-state index is 12.0. The molecule has 2 atom stereocenters. The molecule has 96 valence electrons. The maximum Gasteiger partial charge on any atom is 0.306 e. The Balaban J connectivity index is 1.98. The molecule has 1 heterocycles. The molecule has 2 N–H and O–H groups in total. The molecule has 1 saturated carbocycles. The minimum Gasteiger partial charge on any atom is -0.481 e. The zero-order chi connectivity index (χ0) is 13.1. The second-order valence-electron chi connectivity index (χ2n) is 4.72. The van der Waals surface area contributed by atoms with E-state index in [9.17, 15) is 9.59 Å². The smallest absolute Gasteiger partial charge is 0.306 e. The van der Waals surface area contributed by atoms with Crippen LogP contribution in [0.15, 0.2) is 18.5 Å². The Morgan fingerprint density at radius 3 is 2.72 bits per heavy atom. The van der Waals surface area contributed by atoms with Gasteiger partial charge < -0.3 is 10.4 Å². The lowest BCUT2D eigenvalue weighted by atomic mass is 10.0. The Hall–Kier alpha value is -1.91. The Morgan fingerprint density at radius 1 is 1.39 bits per heavy atom. The number of nitrogens with one attached hydrogen (secondary N) is 1. The molecule has 2 unspecified atom stereocenters. The van der Waals surface area contributed by atoms with Crippen molar-refractivity contribution in [3.05, 3.63) is 24.0 Å². The number of anilines is 1. The summed E-state index contributed by atoms with van der Waals surface area (Å²) >= 11 is 0. The molecule has 0 bridgehead atoms. The van der Waals surface area contributed by atoms with Crippen LogP contribution in [0.25, 0.3) is 0 Å². The molecule has 0 aromatic carbocycles. The van der Waals surface area contributed by atoms with Crippen LogP contribution in [-0.2, 0) is 9.59 Å². The zero-order valence-electron chi connectivity index (χ0n) is 10.2. The number of rotatable bonds is 3. The molecule has 0 saturated heterocycles. The molecule has 5 nitrogen and oxygen atoms in total. The molecule has 18 heavy (non-hydrogen) atoms. The third kappa shape index (κ3) is 2.67. The summed E-state index contributed by atoms with van der Waals surface area (Å²) in [5.74, 6) is -1.46. The summed E-state index contributed by atoms with van der Waals surface area (Å²) in [6.07, 6.45) is 4.97. The quantitative estimate of drug-likeness (QED) is 0.855. The van der Waals surface area contributed by atoms with Gasteiger partial charge in [-0.25, -0.2) is 0 Å². The van der Waals surface area contributed by atoms with E-state index in [1.54, 1.807) is 18.5 Å². The first kappa shape index (κ1) is 12.5. The monoisotopic (exact) mass is 248 g/mol. The van der Waals surface area contributed by atoms with Crippen molar-refractivity contribution in [2.75, 3.05) is 5.32 Å². The standard InChI is InChI=1S/C13H16N2O3/c1-8-7-14-5-4-11(8)15-12(16)9-2-3-10(6-9)13(17)18/h4-5,7,9-10H,2-3,6H2,1H3,(H,17,18)(H,14,15,16). The van der Waals surface area contributed by atoms with E-state index in [0.29, 0.717) is 19.3 Å². The van der Waals surface area contributed by atoms with Crippen molar-refractivity contribution in [2.24, 2.45) is 11.8 Å². The molecule has 1 aliphatic rings. The second kappa shape index (κ2) is 5.16.